The van der Waals surface area contributed by atoms with Crippen molar-refractivity contribution in [3.8, 4) is 0 Å². The Balaban J connectivity index is 1.37. The van der Waals surface area contributed by atoms with Crippen molar-refractivity contribution in [1.29, 1.82) is 0 Å². The van der Waals surface area contributed by atoms with Crippen LogP contribution in [0.1, 0.15) is 24.0 Å². The highest BCUT2D eigenvalue weighted by molar-refractivity contribution is 8.01. The summed E-state index contributed by atoms with van der Waals surface area (Å²) in [6.07, 6.45) is 2.04. The van der Waals surface area contributed by atoms with Crippen LogP contribution in [0.25, 0.3) is 0 Å². The summed E-state index contributed by atoms with van der Waals surface area (Å²) in [5.74, 6) is 0.599. The summed E-state index contributed by atoms with van der Waals surface area (Å²) >= 11 is 2.92. The minimum atomic E-state index is -3.63. The number of carbonyl (C=O) groups excluding carboxylic acids is 1. The number of anilines is 1. The molecule has 0 spiro atoms. The summed E-state index contributed by atoms with van der Waals surface area (Å²) in [4.78, 5) is 12.3. The van der Waals surface area contributed by atoms with E-state index in [1.54, 1.807) is 23.9 Å². The number of nitrogens with zero attached hydrogens (tertiary/aromatic N) is 2. The molecule has 0 bridgehead atoms. The van der Waals surface area contributed by atoms with Crippen molar-refractivity contribution < 1.29 is 13.2 Å². The number of thioether (sulfide) groups is 1. The molecule has 0 saturated heterocycles. The fourth-order valence-corrected chi connectivity index (χ4v) is 5.49. The van der Waals surface area contributed by atoms with Crippen LogP contribution < -0.4 is 10.0 Å². The Labute approximate surface area is 190 Å². The summed E-state index contributed by atoms with van der Waals surface area (Å²) in [7, 11) is -3.63. The number of carbonyl (C=O) groups is 1. The standard InChI is InChI=1S/C21H24N4O3S3/c1-16-9-11-18(12-10-16)31(27,28)22-14-13-19(26)23-20-24-25-21(30-20)29-15-5-8-17-6-3-2-4-7-17/h2-4,6-7,9-12,22H,5,8,13-15H2,1H3,(H,23,24,26). The summed E-state index contributed by atoms with van der Waals surface area (Å²) in [5, 5.41) is 11.2. The molecule has 10 heteroatoms. The number of hydrogen-bond donors (Lipinski definition) is 2. The van der Waals surface area contributed by atoms with Crippen LogP contribution in [0.2, 0.25) is 0 Å². The molecule has 0 unspecified atom stereocenters. The van der Waals surface area contributed by atoms with Gasteiger partial charge in [-0.1, -0.05) is 71.1 Å². The number of rotatable bonds is 11. The van der Waals surface area contributed by atoms with Crippen LogP contribution in [0.4, 0.5) is 5.13 Å². The third kappa shape index (κ3) is 7.73. The van der Waals surface area contributed by atoms with Crippen LogP contribution >= 0.6 is 23.1 Å². The highest BCUT2D eigenvalue weighted by Gasteiger charge is 2.14. The Hall–Kier alpha value is -2.27. The van der Waals surface area contributed by atoms with Crippen LogP contribution in [0, 0.1) is 6.92 Å². The van der Waals surface area contributed by atoms with Crippen molar-refractivity contribution in [3.05, 3.63) is 65.7 Å². The normalized spacial score (nSPS) is 11.4. The lowest BCUT2D eigenvalue weighted by molar-refractivity contribution is -0.116. The minimum absolute atomic E-state index is 0.00192. The fourth-order valence-electron chi connectivity index (χ4n) is 2.68. The van der Waals surface area contributed by atoms with E-state index < -0.39 is 10.0 Å². The SMILES string of the molecule is Cc1ccc(S(=O)(=O)NCCC(=O)Nc2nnc(SCCCc3ccccc3)s2)cc1. The quantitative estimate of drug-likeness (QED) is 0.247. The molecule has 2 N–H and O–H groups in total. The van der Waals surface area contributed by atoms with Crippen LogP contribution in [-0.2, 0) is 21.2 Å². The second kappa shape index (κ2) is 11.4. The zero-order chi connectivity index (χ0) is 22.1. The molecule has 3 aromatic rings. The summed E-state index contributed by atoms with van der Waals surface area (Å²) in [6.45, 7) is 1.89. The Morgan fingerprint density at radius 2 is 1.81 bits per heavy atom. The monoisotopic (exact) mass is 476 g/mol. The third-order valence-electron chi connectivity index (χ3n) is 4.31. The van der Waals surface area contributed by atoms with E-state index in [-0.39, 0.29) is 23.8 Å². The maximum atomic E-state index is 12.2. The van der Waals surface area contributed by atoms with Gasteiger partial charge >= 0.3 is 0 Å². The molecular formula is C21H24N4O3S3. The second-order valence-electron chi connectivity index (χ2n) is 6.82. The van der Waals surface area contributed by atoms with Gasteiger partial charge < -0.3 is 5.32 Å². The average molecular weight is 477 g/mol. The molecule has 0 radical (unpaired) electrons. The fraction of sp³-hybridized carbons (Fsp3) is 0.286. The number of hydrogen-bond acceptors (Lipinski definition) is 7. The molecule has 3 rings (SSSR count). The lowest BCUT2D eigenvalue weighted by Gasteiger charge is -2.06. The van der Waals surface area contributed by atoms with Gasteiger partial charge in [-0.05, 0) is 37.5 Å². The molecule has 0 aliphatic rings. The van der Waals surface area contributed by atoms with E-state index in [1.807, 2.05) is 25.1 Å². The number of nitrogens with one attached hydrogen (secondary N) is 2. The second-order valence-corrected chi connectivity index (χ2v) is 10.9. The minimum Gasteiger partial charge on any atom is -0.300 e. The van der Waals surface area contributed by atoms with Gasteiger partial charge in [0.1, 0.15) is 0 Å². The van der Waals surface area contributed by atoms with Crippen molar-refractivity contribution in [3.63, 3.8) is 0 Å². The van der Waals surface area contributed by atoms with Gasteiger partial charge in [0.15, 0.2) is 4.34 Å². The maximum Gasteiger partial charge on any atom is 0.240 e. The van der Waals surface area contributed by atoms with E-state index in [0.29, 0.717) is 5.13 Å². The molecule has 1 heterocycles. The predicted molar refractivity (Wildman–Crippen MR) is 125 cm³/mol. The maximum absolute atomic E-state index is 12.2. The first-order chi connectivity index (χ1) is 14.9. The molecule has 0 aliphatic carbocycles. The number of sulfonamides is 1. The van der Waals surface area contributed by atoms with E-state index in [4.69, 9.17) is 0 Å². The molecule has 0 saturated carbocycles. The predicted octanol–water partition coefficient (Wildman–Crippen LogP) is 3.88. The molecule has 7 nitrogen and oxygen atoms in total. The molecule has 0 fully saturated rings. The van der Waals surface area contributed by atoms with E-state index in [0.717, 1.165) is 28.5 Å². The van der Waals surface area contributed by atoms with E-state index in [9.17, 15) is 13.2 Å². The largest absolute Gasteiger partial charge is 0.300 e. The van der Waals surface area contributed by atoms with Crippen molar-refractivity contribution in [2.45, 2.75) is 35.4 Å². The van der Waals surface area contributed by atoms with Crippen molar-refractivity contribution >= 4 is 44.2 Å². The first kappa shape index (κ1) is 23.4. The summed E-state index contributed by atoms with van der Waals surface area (Å²) in [6, 6.07) is 16.9. The lowest BCUT2D eigenvalue weighted by atomic mass is 10.1. The number of benzene rings is 2. The van der Waals surface area contributed by atoms with Gasteiger partial charge in [0, 0.05) is 18.7 Å². The molecule has 31 heavy (non-hydrogen) atoms. The zero-order valence-electron chi connectivity index (χ0n) is 17.1. The van der Waals surface area contributed by atoms with E-state index in [1.165, 1.54) is 29.0 Å². The first-order valence-corrected chi connectivity index (χ1v) is 13.1. The smallest absolute Gasteiger partial charge is 0.240 e. The molecule has 0 atom stereocenters. The van der Waals surface area contributed by atoms with Crippen LogP contribution in [-0.4, -0.2) is 36.8 Å². The molecule has 0 aliphatic heterocycles. The van der Waals surface area contributed by atoms with Gasteiger partial charge in [-0.3, -0.25) is 4.79 Å². The number of aryl methyl sites for hydroxylation is 2. The Kier molecular flexibility index (Phi) is 8.59. The van der Waals surface area contributed by atoms with Gasteiger partial charge in [-0.15, -0.1) is 10.2 Å². The van der Waals surface area contributed by atoms with Crippen LogP contribution in [0.5, 0.6) is 0 Å². The molecular weight excluding hydrogens is 452 g/mol. The number of aromatic nitrogens is 2. The third-order valence-corrected chi connectivity index (χ3v) is 7.84. The molecule has 1 aromatic heterocycles. The first-order valence-electron chi connectivity index (χ1n) is 9.79. The average Bonchev–Trinajstić information content (AvgIpc) is 3.19. The Morgan fingerprint density at radius 3 is 2.55 bits per heavy atom. The van der Waals surface area contributed by atoms with Crippen molar-refractivity contribution in [1.82, 2.24) is 14.9 Å². The number of amides is 1. The Morgan fingerprint density at radius 1 is 1.06 bits per heavy atom. The van der Waals surface area contributed by atoms with Crippen LogP contribution in [0.15, 0.2) is 63.8 Å². The van der Waals surface area contributed by atoms with Crippen molar-refractivity contribution in [2.24, 2.45) is 0 Å². The summed E-state index contributed by atoms with van der Waals surface area (Å²) < 4.78 is 27.7. The molecule has 2 aromatic carbocycles. The highest BCUT2D eigenvalue weighted by Crippen LogP contribution is 2.26. The molecule has 1 amide bonds. The van der Waals surface area contributed by atoms with Gasteiger partial charge in [0.05, 0.1) is 4.90 Å². The zero-order valence-corrected chi connectivity index (χ0v) is 19.5. The van der Waals surface area contributed by atoms with Gasteiger partial charge in [-0.25, -0.2) is 13.1 Å². The van der Waals surface area contributed by atoms with E-state index >= 15 is 0 Å². The van der Waals surface area contributed by atoms with Crippen LogP contribution in [0.3, 0.4) is 0 Å². The molecule has 164 valence electrons. The van der Waals surface area contributed by atoms with Gasteiger partial charge in [-0.2, -0.15) is 0 Å². The lowest BCUT2D eigenvalue weighted by Crippen LogP contribution is -2.27. The van der Waals surface area contributed by atoms with Gasteiger partial charge in [0.25, 0.3) is 0 Å². The topological polar surface area (TPSA) is 101 Å². The van der Waals surface area contributed by atoms with E-state index in [2.05, 4.69) is 32.4 Å². The van der Waals surface area contributed by atoms with Gasteiger partial charge in [0.2, 0.25) is 21.1 Å². The highest BCUT2D eigenvalue weighted by atomic mass is 32.2. The van der Waals surface area contributed by atoms with Crippen molar-refractivity contribution in [2.75, 3.05) is 17.6 Å². The Bertz CT molecular complexity index is 1080. The summed E-state index contributed by atoms with van der Waals surface area (Å²) in [5.41, 5.74) is 2.29.